The van der Waals surface area contributed by atoms with Gasteiger partial charge in [0.2, 0.25) is 0 Å². The number of aromatic nitrogens is 1. The van der Waals surface area contributed by atoms with Gasteiger partial charge in [-0.2, -0.15) is 0 Å². The third kappa shape index (κ3) is 3.87. The maximum Gasteiger partial charge on any atom is 0.263 e. The van der Waals surface area contributed by atoms with Crippen LogP contribution in [0.2, 0.25) is 5.02 Å². The van der Waals surface area contributed by atoms with Gasteiger partial charge in [-0.3, -0.25) is 4.72 Å². The van der Waals surface area contributed by atoms with Gasteiger partial charge in [0.25, 0.3) is 10.0 Å². The number of sulfonamides is 1. The second-order valence-electron chi connectivity index (χ2n) is 5.06. The van der Waals surface area contributed by atoms with Gasteiger partial charge in [-0.15, -0.1) is 11.3 Å². The van der Waals surface area contributed by atoms with Crippen LogP contribution >= 0.6 is 22.9 Å². The number of nitrogens with two attached hydrogens (primary N) is 1. The summed E-state index contributed by atoms with van der Waals surface area (Å²) in [6.07, 6.45) is 0. The number of ether oxygens (including phenoxy) is 1. The van der Waals surface area contributed by atoms with Crippen molar-refractivity contribution in [3.8, 4) is 17.0 Å². The van der Waals surface area contributed by atoms with Gasteiger partial charge in [0.05, 0.1) is 22.7 Å². The average molecular weight is 396 g/mol. The largest absolute Gasteiger partial charge is 0.495 e. The fourth-order valence-electron chi connectivity index (χ4n) is 2.09. The van der Waals surface area contributed by atoms with Gasteiger partial charge in [-0.1, -0.05) is 23.7 Å². The molecule has 0 aliphatic carbocycles. The molecule has 0 aliphatic rings. The normalized spacial score (nSPS) is 11.3. The minimum Gasteiger partial charge on any atom is -0.495 e. The number of halogens is 1. The number of hydrogen-bond acceptors (Lipinski definition) is 6. The summed E-state index contributed by atoms with van der Waals surface area (Å²) in [6, 6.07) is 11.4. The Morgan fingerprint density at radius 2 is 1.92 bits per heavy atom. The Labute approximate surface area is 154 Å². The molecule has 0 saturated heterocycles. The quantitative estimate of drug-likeness (QED) is 0.640. The first-order valence-corrected chi connectivity index (χ1v) is 9.81. The average Bonchev–Trinajstić information content (AvgIpc) is 3.03. The number of methoxy groups -OCH3 is 1. The highest BCUT2D eigenvalue weighted by Crippen LogP contribution is 2.30. The molecule has 0 amide bonds. The monoisotopic (exact) mass is 395 g/mol. The predicted octanol–water partition coefficient (Wildman–Crippen LogP) is 3.86. The van der Waals surface area contributed by atoms with E-state index in [9.17, 15) is 8.42 Å². The summed E-state index contributed by atoms with van der Waals surface area (Å²) in [7, 11) is -2.38. The van der Waals surface area contributed by atoms with Crippen molar-refractivity contribution >= 4 is 43.8 Å². The van der Waals surface area contributed by atoms with Gasteiger partial charge >= 0.3 is 0 Å². The highest BCUT2D eigenvalue weighted by molar-refractivity contribution is 7.93. The molecule has 0 spiro atoms. The van der Waals surface area contributed by atoms with E-state index in [2.05, 4.69) is 9.71 Å². The molecule has 0 aliphatic heterocycles. The number of hydrogen-bond donors (Lipinski definition) is 2. The zero-order valence-corrected chi connectivity index (χ0v) is 15.5. The second kappa shape index (κ2) is 6.91. The lowest BCUT2D eigenvalue weighted by Crippen LogP contribution is -2.12. The number of benzene rings is 2. The maximum atomic E-state index is 12.5. The number of nitrogen functional groups attached to an aromatic ring is 1. The fourth-order valence-corrected chi connectivity index (χ4v) is 4.27. The molecule has 130 valence electrons. The highest BCUT2D eigenvalue weighted by atomic mass is 35.5. The molecule has 2 aromatic carbocycles. The Bertz CT molecular complexity index is 1000. The van der Waals surface area contributed by atoms with E-state index in [0.29, 0.717) is 16.4 Å². The van der Waals surface area contributed by atoms with Crippen LogP contribution in [0.5, 0.6) is 5.75 Å². The van der Waals surface area contributed by atoms with Crippen LogP contribution < -0.4 is 15.2 Å². The molecule has 1 aromatic heterocycles. The smallest absolute Gasteiger partial charge is 0.263 e. The Hall–Kier alpha value is -2.29. The first-order valence-electron chi connectivity index (χ1n) is 7.07. The molecule has 0 unspecified atom stereocenters. The van der Waals surface area contributed by atoms with Crippen LogP contribution in [0, 0.1) is 0 Å². The van der Waals surface area contributed by atoms with Crippen LogP contribution in [-0.2, 0) is 10.0 Å². The van der Waals surface area contributed by atoms with Crippen molar-refractivity contribution in [1.29, 1.82) is 0 Å². The lowest BCUT2D eigenvalue weighted by molar-refractivity contribution is 0.413. The van der Waals surface area contributed by atoms with Gasteiger partial charge < -0.3 is 10.5 Å². The predicted molar refractivity (Wildman–Crippen MR) is 101 cm³/mol. The second-order valence-corrected chi connectivity index (χ2v) is 8.01. The summed E-state index contributed by atoms with van der Waals surface area (Å²) in [5.74, 6) is 0.284. The summed E-state index contributed by atoms with van der Waals surface area (Å²) in [4.78, 5) is 4.35. The maximum absolute atomic E-state index is 12.5. The molecule has 6 nitrogen and oxygen atoms in total. The molecule has 0 atom stereocenters. The van der Waals surface area contributed by atoms with E-state index in [1.807, 2.05) is 12.1 Å². The van der Waals surface area contributed by atoms with Gasteiger partial charge in [0.15, 0.2) is 5.13 Å². The van der Waals surface area contributed by atoms with E-state index in [1.54, 1.807) is 17.5 Å². The third-order valence-electron chi connectivity index (χ3n) is 3.37. The van der Waals surface area contributed by atoms with E-state index in [1.165, 1.54) is 36.6 Å². The van der Waals surface area contributed by atoms with E-state index in [0.717, 1.165) is 5.56 Å². The Morgan fingerprint density at radius 3 is 2.60 bits per heavy atom. The number of anilines is 2. The van der Waals surface area contributed by atoms with E-state index < -0.39 is 10.0 Å². The summed E-state index contributed by atoms with van der Waals surface area (Å²) in [5.41, 5.74) is 7.83. The Morgan fingerprint density at radius 1 is 1.20 bits per heavy atom. The number of nitrogens with zero attached hydrogens (tertiary/aromatic N) is 1. The summed E-state index contributed by atoms with van der Waals surface area (Å²) in [6.45, 7) is 0. The SMILES string of the molecule is COc1cc(S(=O)(=O)Nc2nc(-c3ccc(N)cc3)cs2)ccc1Cl. The van der Waals surface area contributed by atoms with E-state index >= 15 is 0 Å². The van der Waals surface area contributed by atoms with Crippen molar-refractivity contribution in [3.05, 3.63) is 52.9 Å². The lowest BCUT2D eigenvalue weighted by atomic mass is 10.2. The van der Waals surface area contributed by atoms with Gasteiger partial charge in [-0.05, 0) is 24.3 Å². The molecule has 9 heteroatoms. The molecule has 0 saturated carbocycles. The lowest BCUT2D eigenvalue weighted by Gasteiger charge is -2.08. The molecular weight excluding hydrogens is 382 g/mol. The number of rotatable bonds is 5. The van der Waals surface area contributed by atoms with Crippen LogP contribution in [0.15, 0.2) is 52.7 Å². The van der Waals surface area contributed by atoms with Gasteiger partial charge in [-0.25, -0.2) is 13.4 Å². The molecule has 3 aromatic rings. The van der Waals surface area contributed by atoms with Crippen molar-refractivity contribution in [3.63, 3.8) is 0 Å². The Balaban J connectivity index is 1.85. The number of nitrogens with one attached hydrogen (secondary N) is 1. The molecule has 3 rings (SSSR count). The van der Waals surface area contributed by atoms with Crippen LogP contribution in [-0.4, -0.2) is 20.5 Å². The zero-order valence-electron chi connectivity index (χ0n) is 13.1. The van der Waals surface area contributed by atoms with Crippen LogP contribution in [0.3, 0.4) is 0 Å². The molecule has 0 bridgehead atoms. The third-order valence-corrected chi connectivity index (χ3v) is 5.90. The molecule has 25 heavy (non-hydrogen) atoms. The Kier molecular flexibility index (Phi) is 4.85. The fraction of sp³-hybridized carbons (Fsp3) is 0.0625. The van der Waals surface area contributed by atoms with Crippen molar-refractivity contribution in [2.24, 2.45) is 0 Å². The molecule has 1 heterocycles. The first kappa shape index (κ1) is 17.5. The summed E-state index contributed by atoms with van der Waals surface area (Å²) < 4.78 is 32.5. The molecule has 0 fully saturated rings. The molecule has 0 radical (unpaired) electrons. The minimum atomic E-state index is -3.80. The van der Waals surface area contributed by atoms with Crippen molar-refractivity contribution in [2.45, 2.75) is 4.90 Å². The minimum absolute atomic E-state index is 0.0398. The van der Waals surface area contributed by atoms with Crippen LogP contribution in [0.25, 0.3) is 11.3 Å². The molecule has 3 N–H and O–H groups in total. The number of thiazole rings is 1. The van der Waals surface area contributed by atoms with Gasteiger partial charge in [0, 0.05) is 22.7 Å². The highest BCUT2D eigenvalue weighted by Gasteiger charge is 2.18. The van der Waals surface area contributed by atoms with Crippen LogP contribution in [0.1, 0.15) is 0 Å². The first-order chi connectivity index (χ1) is 11.9. The van der Waals surface area contributed by atoms with Gasteiger partial charge in [0.1, 0.15) is 5.75 Å². The van der Waals surface area contributed by atoms with Crippen molar-refractivity contribution < 1.29 is 13.2 Å². The van der Waals surface area contributed by atoms with E-state index in [4.69, 9.17) is 22.1 Å². The summed E-state index contributed by atoms with van der Waals surface area (Å²) >= 11 is 7.12. The van der Waals surface area contributed by atoms with E-state index in [-0.39, 0.29) is 15.8 Å². The summed E-state index contributed by atoms with van der Waals surface area (Å²) in [5, 5.41) is 2.37. The zero-order chi connectivity index (χ0) is 18.0. The van der Waals surface area contributed by atoms with Crippen molar-refractivity contribution in [2.75, 3.05) is 17.6 Å². The molecular formula is C16H14ClN3O3S2. The topological polar surface area (TPSA) is 94.3 Å². The standard InChI is InChI=1S/C16H14ClN3O3S2/c1-23-15-8-12(6-7-13(15)17)25(21,22)20-16-19-14(9-24-16)10-2-4-11(18)5-3-10/h2-9H,18H2,1H3,(H,19,20). The van der Waals surface area contributed by atoms with Crippen molar-refractivity contribution in [1.82, 2.24) is 4.98 Å². The van der Waals surface area contributed by atoms with Crippen LogP contribution in [0.4, 0.5) is 10.8 Å².